The van der Waals surface area contributed by atoms with Crippen molar-refractivity contribution in [2.45, 2.75) is 24.9 Å². The molecule has 0 spiro atoms. The van der Waals surface area contributed by atoms with Gasteiger partial charge in [0.05, 0.1) is 12.7 Å². The number of nitrogens with zero attached hydrogens (tertiary/aromatic N) is 2. The summed E-state index contributed by atoms with van der Waals surface area (Å²) in [6.07, 6.45) is -1.57. The molecule has 0 amide bonds. The fourth-order valence-electron chi connectivity index (χ4n) is 1.90. The molecule has 0 unspecified atom stereocenters. The van der Waals surface area contributed by atoms with Crippen LogP contribution in [0.1, 0.15) is 23.0 Å². The topological polar surface area (TPSA) is 148 Å². The van der Waals surface area contributed by atoms with E-state index in [0.29, 0.717) is 0 Å². The van der Waals surface area contributed by atoms with E-state index in [4.69, 9.17) is 20.7 Å². The monoisotopic (exact) mass is 295 g/mol. The first kappa shape index (κ1) is 17.1. The van der Waals surface area contributed by atoms with Gasteiger partial charge in [0, 0.05) is 12.6 Å². The van der Waals surface area contributed by atoms with Crippen molar-refractivity contribution >= 4 is 41.3 Å². The second-order valence-corrected chi connectivity index (χ2v) is 4.15. The van der Waals surface area contributed by atoms with Crippen LogP contribution in [0.15, 0.2) is 11.0 Å². The van der Waals surface area contributed by atoms with Crippen LogP contribution in [0, 0.1) is 0 Å². The predicted octanol–water partition coefficient (Wildman–Crippen LogP) is -2.48. The Bertz CT molecular complexity index is 562. The number of ether oxygens (including phenoxy) is 1. The van der Waals surface area contributed by atoms with Crippen molar-refractivity contribution in [1.82, 2.24) is 9.55 Å². The summed E-state index contributed by atoms with van der Waals surface area (Å²) in [5, 5.41) is 27.4. The number of hydrogen-bond acceptors (Lipinski definition) is 7. The summed E-state index contributed by atoms with van der Waals surface area (Å²) in [7, 11) is 0. The van der Waals surface area contributed by atoms with Crippen LogP contribution < -0.4 is 11.4 Å². The average Bonchev–Trinajstić information content (AvgIpc) is 2.69. The fourth-order valence-corrected chi connectivity index (χ4v) is 1.90. The molecule has 1 fully saturated rings. The van der Waals surface area contributed by atoms with Gasteiger partial charge < -0.3 is 25.8 Å². The van der Waals surface area contributed by atoms with Gasteiger partial charge in [-0.3, -0.25) is 4.57 Å². The van der Waals surface area contributed by atoms with Crippen molar-refractivity contribution in [3.8, 4) is 0 Å². The molecule has 1 aromatic heterocycles. The molecule has 20 heavy (non-hydrogen) atoms. The van der Waals surface area contributed by atoms with Gasteiger partial charge in [-0.05, 0) is 0 Å². The molecule has 3 atom stereocenters. The zero-order chi connectivity index (χ0) is 14.2. The molecule has 0 bridgehead atoms. The molecule has 1 saturated heterocycles. The maximum atomic E-state index is 11.7. The number of rotatable bonds is 3. The van der Waals surface area contributed by atoms with Crippen LogP contribution in [0.2, 0.25) is 0 Å². The number of anilines is 1. The van der Waals surface area contributed by atoms with Crippen LogP contribution >= 0.6 is 0 Å². The molecular formula is C10H14N3NaO6. The first-order chi connectivity index (χ1) is 8.93. The third-order valence-corrected chi connectivity index (χ3v) is 2.91. The van der Waals surface area contributed by atoms with Crippen LogP contribution in [0.5, 0.6) is 0 Å². The molecule has 0 aliphatic carbocycles. The number of aliphatic hydroxyl groups excluding tert-OH is 2. The number of hydrogen-bond donors (Lipinski definition) is 4. The van der Waals surface area contributed by atoms with Gasteiger partial charge in [-0.25, -0.2) is 9.59 Å². The zero-order valence-corrected chi connectivity index (χ0v) is 9.76. The van der Waals surface area contributed by atoms with Gasteiger partial charge in [0.1, 0.15) is 23.7 Å². The van der Waals surface area contributed by atoms with Gasteiger partial charge in [-0.1, -0.05) is 0 Å². The minimum absolute atomic E-state index is 0. The predicted molar refractivity (Wildman–Crippen MR) is 68.6 cm³/mol. The van der Waals surface area contributed by atoms with Crippen LogP contribution in [-0.4, -0.2) is 79.2 Å². The summed E-state index contributed by atoms with van der Waals surface area (Å²) in [6.45, 7) is -0.402. The Morgan fingerprint density at radius 1 is 1.60 bits per heavy atom. The number of carboxylic acids is 1. The van der Waals surface area contributed by atoms with Crippen molar-refractivity contribution in [3.05, 3.63) is 22.2 Å². The Balaban J connectivity index is 0.00000200. The van der Waals surface area contributed by atoms with Crippen molar-refractivity contribution in [2.24, 2.45) is 0 Å². The summed E-state index contributed by atoms with van der Waals surface area (Å²) in [6, 6.07) is 0. The van der Waals surface area contributed by atoms with Gasteiger partial charge in [-0.2, -0.15) is 4.98 Å². The van der Waals surface area contributed by atoms with E-state index >= 15 is 0 Å². The molecule has 5 N–H and O–H groups in total. The number of aliphatic hydroxyl groups is 2. The van der Waals surface area contributed by atoms with Crippen LogP contribution in [0.3, 0.4) is 0 Å². The summed E-state index contributed by atoms with van der Waals surface area (Å²) < 4.78 is 6.20. The molecular weight excluding hydrogens is 281 g/mol. The Hall–Kier alpha value is -0.970. The molecule has 106 valence electrons. The molecule has 0 radical (unpaired) electrons. The van der Waals surface area contributed by atoms with E-state index in [2.05, 4.69) is 4.98 Å². The minimum atomic E-state index is -1.32. The second-order valence-electron chi connectivity index (χ2n) is 4.15. The average molecular weight is 295 g/mol. The molecule has 0 saturated carbocycles. The summed E-state index contributed by atoms with van der Waals surface area (Å²) >= 11 is 0. The molecule has 9 nitrogen and oxygen atoms in total. The molecule has 2 heterocycles. The molecule has 1 aliphatic rings. The normalized spacial score (nSPS) is 25.2. The third-order valence-electron chi connectivity index (χ3n) is 2.91. The van der Waals surface area contributed by atoms with E-state index in [-0.39, 0.29) is 47.4 Å². The summed E-state index contributed by atoms with van der Waals surface area (Å²) in [5.41, 5.74) is 4.23. The first-order valence-corrected chi connectivity index (χ1v) is 5.50. The molecule has 1 aliphatic heterocycles. The van der Waals surface area contributed by atoms with Gasteiger partial charge in [0.2, 0.25) is 0 Å². The number of carbonyl (C=O) groups is 1. The van der Waals surface area contributed by atoms with E-state index < -0.39 is 36.7 Å². The van der Waals surface area contributed by atoms with Crippen LogP contribution in [-0.2, 0) is 4.74 Å². The second kappa shape index (κ2) is 6.66. The maximum absolute atomic E-state index is 11.7. The van der Waals surface area contributed by atoms with Crippen LogP contribution in [0.25, 0.3) is 0 Å². The molecule has 10 heteroatoms. The van der Waals surface area contributed by atoms with E-state index in [1.54, 1.807) is 0 Å². The van der Waals surface area contributed by atoms with E-state index in [9.17, 15) is 14.7 Å². The fraction of sp³-hybridized carbons (Fsp3) is 0.500. The number of aromatic carboxylic acids is 1. The van der Waals surface area contributed by atoms with Gasteiger partial charge in [-0.15, -0.1) is 0 Å². The SMILES string of the molecule is Nc1nc(=O)n([C@H]2C[C@H](O)[C@@H](CO)O2)cc1C(=O)O.[NaH]. The summed E-state index contributed by atoms with van der Waals surface area (Å²) in [4.78, 5) is 26.0. The van der Waals surface area contributed by atoms with Crippen molar-refractivity contribution < 1.29 is 24.9 Å². The van der Waals surface area contributed by atoms with Crippen LogP contribution in [0.4, 0.5) is 5.82 Å². The Labute approximate surface area is 135 Å². The third kappa shape index (κ3) is 3.19. The first-order valence-electron chi connectivity index (χ1n) is 5.50. The molecule has 1 aromatic rings. The molecule has 2 rings (SSSR count). The molecule has 0 aromatic carbocycles. The van der Waals surface area contributed by atoms with E-state index in [1.165, 1.54) is 0 Å². The van der Waals surface area contributed by atoms with Gasteiger partial charge in [0.15, 0.2) is 0 Å². The van der Waals surface area contributed by atoms with Crippen molar-refractivity contribution in [1.29, 1.82) is 0 Å². The number of aromatic nitrogens is 2. The quantitative estimate of drug-likeness (QED) is 0.448. The van der Waals surface area contributed by atoms with Crippen molar-refractivity contribution in [2.75, 3.05) is 12.3 Å². The summed E-state index contributed by atoms with van der Waals surface area (Å²) in [5.74, 6) is -1.71. The van der Waals surface area contributed by atoms with E-state index in [0.717, 1.165) is 10.8 Å². The number of carboxylic acid groups (broad SMARTS) is 1. The number of nitrogens with two attached hydrogens (primary N) is 1. The van der Waals surface area contributed by atoms with Gasteiger partial charge >= 0.3 is 41.2 Å². The van der Waals surface area contributed by atoms with Crippen molar-refractivity contribution in [3.63, 3.8) is 0 Å². The standard InChI is InChI=1S/C10H13N3O6.Na.H/c11-8-4(9(16)17)2-13(10(18)12-8)7-1-5(15)6(3-14)19-7;;/h2,5-7,14-15H,1,3H2,(H,16,17)(H2,11,12,18);;/t5-,6+,7+;;/m0../s1. The zero-order valence-electron chi connectivity index (χ0n) is 9.76. The van der Waals surface area contributed by atoms with Gasteiger partial charge in [0.25, 0.3) is 0 Å². The Kier molecular flexibility index (Phi) is 5.68. The number of nitrogen functional groups attached to an aromatic ring is 1. The Morgan fingerprint density at radius 3 is 2.75 bits per heavy atom. The van der Waals surface area contributed by atoms with E-state index in [1.807, 2.05) is 0 Å². The Morgan fingerprint density at radius 2 is 2.25 bits per heavy atom.